The SMILES string of the molecule is CC(C)(C)OC(=O)N1CCC(c2cnc3cccc(C(N)=O)c3n2)CC1. The van der Waals surface area contributed by atoms with Crippen LogP contribution in [-0.2, 0) is 4.74 Å². The minimum absolute atomic E-state index is 0.187. The molecule has 0 unspecified atom stereocenters. The molecule has 3 rings (SSSR count). The molecular formula is C19H24N4O3. The molecular weight excluding hydrogens is 332 g/mol. The zero-order valence-corrected chi connectivity index (χ0v) is 15.4. The van der Waals surface area contributed by atoms with Gasteiger partial charge in [0.05, 0.1) is 16.8 Å². The number of nitrogens with two attached hydrogens (primary N) is 1. The number of hydrogen-bond donors (Lipinski definition) is 1. The quantitative estimate of drug-likeness (QED) is 0.892. The molecule has 0 spiro atoms. The second-order valence-electron chi connectivity index (χ2n) is 7.57. The van der Waals surface area contributed by atoms with Gasteiger partial charge in [-0.3, -0.25) is 9.78 Å². The van der Waals surface area contributed by atoms with Gasteiger partial charge in [-0.1, -0.05) is 6.07 Å². The third kappa shape index (κ3) is 3.92. The van der Waals surface area contributed by atoms with E-state index < -0.39 is 11.5 Å². The highest BCUT2D eigenvalue weighted by atomic mass is 16.6. The van der Waals surface area contributed by atoms with Gasteiger partial charge >= 0.3 is 6.09 Å². The number of rotatable bonds is 2. The average molecular weight is 356 g/mol. The molecule has 7 heteroatoms. The van der Waals surface area contributed by atoms with Crippen LogP contribution >= 0.6 is 0 Å². The van der Waals surface area contributed by atoms with Gasteiger partial charge in [-0.2, -0.15) is 0 Å². The Morgan fingerprint density at radius 1 is 1.23 bits per heavy atom. The van der Waals surface area contributed by atoms with Crippen molar-refractivity contribution in [3.63, 3.8) is 0 Å². The first-order valence-electron chi connectivity index (χ1n) is 8.78. The van der Waals surface area contributed by atoms with Gasteiger partial charge in [-0.25, -0.2) is 9.78 Å². The van der Waals surface area contributed by atoms with Crippen molar-refractivity contribution >= 4 is 23.0 Å². The smallest absolute Gasteiger partial charge is 0.410 e. The van der Waals surface area contributed by atoms with Crippen LogP contribution in [0.25, 0.3) is 11.0 Å². The maximum absolute atomic E-state index is 12.2. The van der Waals surface area contributed by atoms with Crippen molar-refractivity contribution in [1.82, 2.24) is 14.9 Å². The standard InChI is InChI=1S/C19H24N4O3/c1-19(2,3)26-18(25)23-9-7-12(8-10-23)15-11-21-14-6-4-5-13(17(20)24)16(14)22-15/h4-6,11-12H,7-10H2,1-3H3,(H2,20,24). The van der Waals surface area contributed by atoms with Crippen LogP contribution < -0.4 is 5.73 Å². The zero-order valence-electron chi connectivity index (χ0n) is 15.4. The van der Waals surface area contributed by atoms with E-state index in [9.17, 15) is 9.59 Å². The first-order valence-corrected chi connectivity index (χ1v) is 8.78. The van der Waals surface area contributed by atoms with Gasteiger partial charge in [-0.15, -0.1) is 0 Å². The largest absolute Gasteiger partial charge is 0.444 e. The van der Waals surface area contributed by atoms with Crippen molar-refractivity contribution in [2.75, 3.05) is 13.1 Å². The molecule has 2 aromatic rings. The zero-order chi connectivity index (χ0) is 18.9. The highest BCUT2D eigenvalue weighted by Crippen LogP contribution is 2.28. The van der Waals surface area contributed by atoms with Crippen molar-refractivity contribution in [1.29, 1.82) is 0 Å². The van der Waals surface area contributed by atoms with Crippen LogP contribution in [0.5, 0.6) is 0 Å². The first kappa shape index (κ1) is 18.1. The first-order chi connectivity index (χ1) is 12.2. The molecule has 1 aliphatic rings. The van der Waals surface area contributed by atoms with E-state index in [2.05, 4.69) is 9.97 Å². The van der Waals surface area contributed by atoms with Crippen LogP contribution in [0.2, 0.25) is 0 Å². The number of aromatic nitrogens is 2. The Balaban J connectivity index is 1.74. The van der Waals surface area contributed by atoms with Crippen LogP contribution in [0.4, 0.5) is 4.79 Å². The number of para-hydroxylation sites is 1. The molecule has 0 saturated carbocycles. The van der Waals surface area contributed by atoms with Gasteiger partial charge in [0.15, 0.2) is 0 Å². The lowest BCUT2D eigenvalue weighted by atomic mass is 9.94. The number of hydrogen-bond acceptors (Lipinski definition) is 5. The lowest BCUT2D eigenvalue weighted by Crippen LogP contribution is -2.41. The van der Waals surface area contributed by atoms with Crippen molar-refractivity contribution in [3.8, 4) is 0 Å². The molecule has 1 aromatic heterocycles. The fourth-order valence-electron chi connectivity index (χ4n) is 3.13. The second-order valence-corrected chi connectivity index (χ2v) is 7.57. The number of piperidine rings is 1. The van der Waals surface area contributed by atoms with E-state index in [0.29, 0.717) is 29.7 Å². The summed E-state index contributed by atoms with van der Waals surface area (Å²) in [5.41, 5.74) is 7.34. The van der Waals surface area contributed by atoms with Gasteiger partial charge in [0, 0.05) is 25.2 Å². The summed E-state index contributed by atoms with van der Waals surface area (Å²) in [6.45, 7) is 6.80. The monoisotopic (exact) mass is 356 g/mol. The Morgan fingerprint density at radius 3 is 2.54 bits per heavy atom. The van der Waals surface area contributed by atoms with E-state index in [4.69, 9.17) is 10.5 Å². The topological polar surface area (TPSA) is 98.4 Å². The third-order valence-electron chi connectivity index (χ3n) is 4.42. The molecule has 7 nitrogen and oxygen atoms in total. The number of likely N-dealkylation sites (tertiary alicyclic amines) is 1. The molecule has 0 bridgehead atoms. The number of ether oxygens (including phenoxy) is 1. The van der Waals surface area contributed by atoms with Crippen molar-refractivity contribution < 1.29 is 14.3 Å². The third-order valence-corrected chi connectivity index (χ3v) is 4.42. The van der Waals surface area contributed by atoms with Crippen LogP contribution in [0.15, 0.2) is 24.4 Å². The van der Waals surface area contributed by atoms with Gasteiger partial charge in [0.1, 0.15) is 11.1 Å². The van der Waals surface area contributed by atoms with E-state index in [1.165, 1.54) is 0 Å². The Kier molecular flexibility index (Phi) is 4.80. The van der Waals surface area contributed by atoms with Gasteiger partial charge in [-0.05, 0) is 45.7 Å². The maximum Gasteiger partial charge on any atom is 0.410 e. The molecule has 1 fully saturated rings. The van der Waals surface area contributed by atoms with E-state index in [0.717, 1.165) is 18.5 Å². The fourth-order valence-corrected chi connectivity index (χ4v) is 3.13. The van der Waals surface area contributed by atoms with Gasteiger partial charge in [0.2, 0.25) is 0 Å². The molecule has 2 heterocycles. The van der Waals surface area contributed by atoms with Gasteiger partial charge < -0.3 is 15.4 Å². The average Bonchev–Trinajstić information content (AvgIpc) is 2.59. The predicted molar refractivity (Wildman–Crippen MR) is 97.8 cm³/mol. The number of benzene rings is 1. The van der Waals surface area contributed by atoms with Crippen molar-refractivity contribution in [2.45, 2.75) is 45.1 Å². The van der Waals surface area contributed by atoms with Crippen LogP contribution in [0.1, 0.15) is 55.6 Å². The summed E-state index contributed by atoms with van der Waals surface area (Å²) in [4.78, 5) is 34.6. The lowest BCUT2D eigenvalue weighted by Gasteiger charge is -2.33. The van der Waals surface area contributed by atoms with Crippen LogP contribution in [0.3, 0.4) is 0 Å². The van der Waals surface area contributed by atoms with Gasteiger partial charge in [0.25, 0.3) is 5.91 Å². The van der Waals surface area contributed by atoms with Crippen molar-refractivity contribution in [2.24, 2.45) is 5.73 Å². The molecule has 1 saturated heterocycles. The van der Waals surface area contributed by atoms with Crippen LogP contribution in [-0.4, -0.2) is 45.6 Å². The molecule has 0 radical (unpaired) electrons. The Bertz CT molecular complexity index is 836. The predicted octanol–water partition coefficient (Wildman–Crippen LogP) is 2.84. The summed E-state index contributed by atoms with van der Waals surface area (Å²) < 4.78 is 5.43. The fraction of sp³-hybridized carbons (Fsp3) is 0.474. The highest BCUT2D eigenvalue weighted by Gasteiger charge is 2.28. The molecule has 138 valence electrons. The Morgan fingerprint density at radius 2 is 1.92 bits per heavy atom. The molecule has 0 aliphatic carbocycles. The minimum Gasteiger partial charge on any atom is -0.444 e. The summed E-state index contributed by atoms with van der Waals surface area (Å²) in [6.07, 6.45) is 3.02. The summed E-state index contributed by atoms with van der Waals surface area (Å²) in [6, 6.07) is 5.22. The second kappa shape index (κ2) is 6.90. The van der Waals surface area contributed by atoms with Crippen LogP contribution in [0, 0.1) is 0 Å². The number of primary amides is 1. The molecule has 0 atom stereocenters. The Hall–Kier alpha value is -2.70. The van der Waals surface area contributed by atoms with E-state index >= 15 is 0 Å². The summed E-state index contributed by atoms with van der Waals surface area (Å²) in [7, 11) is 0. The summed E-state index contributed by atoms with van der Waals surface area (Å²) >= 11 is 0. The van der Waals surface area contributed by atoms with E-state index in [1.807, 2.05) is 26.8 Å². The normalized spacial score (nSPS) is 15.9. The maximum atomic E-state index is 12.2. The number of carbonyl (C=O) groups excluding carboxylic acids is 2. The molecule has 2 N–H and O–H groups in total. The lowest BCUT2D eigenvalue weighted by molar-refractivity contribution is 0.0204. The molecule has 26 heavy (non-hydrogen) atoms. The summed E-state index contributed by atoms with van der Waals surface area (Å²) in [5, 5.41) is 0. The summed E-state index contributed by atoms with van der Waals surface area (Å²) in [5.74, 6) is -0.326. The Labute approximate surface area is 152 Å². The van der Waals surface area contributed by atoms with Crippen molar-refractivity contribution in [3.05, 3.63) is 35.7 Å². The number of carbonyl (C=O) groups is 2. The minimum atomic E-state index is -0.512. The highest BCUT2D eigenvalue weighted by molar-refractivity contribution is 6.03. The number of fused-ring (bicyclic) bond motifs is 1. The molecule has 1 aromatic carbocycles. The van der Waals surface area contributed by atoms with E-state index in [-0.39, 0.29) is 12.0 Å². The number of nitrogens with zero attached hydrogens (tertiary/aromatic N) is 3. The van der Waals surface area contributed by atoms with E-state index in [1.54, 1.807) is 23.2 Å². The molecule has 1 aliphatic heterocycles. The number of amides is 2. The molecule has 2 amide bonds.